The molecule has 0 saturated heterocycles. The number of amides is 2. The van der Waals surface area contributed by atoms with E-state index in [-0.39, 0.29) is 5.91 Å². The monoisotopic (exact) mass is 310 g/mol. The maximum Gasteiger partial charge on any atom is 0.407 e. The molecule has 0 aromatic carbocycles. The Kier molecular flexibility index (Phi) is 5.70. The molecule has 0 aromatic heterocycles. The first kappa shape index (κ1) is 17.1. The van der Waals surface area contributed by atoms with Gasteiger partial charge in [0.15, 0.2) is 0 Å². The molecular formula is C17H30N2O3. The summed E-state index contributed by atoms with van der Waals surface area (Å²) < 4.78 is 5.14. The van der Waals surface area contributed by atoms with Crippen LogP contribution in [0.3, 0.4) is 0 Å². The quantitative estimate of drug-likeness (QED) is 0.839. The Balaban J connectivity index is 1.61. The van der Waals surface area contributed by atoms with Crippen LogP contribution in [0.1, 0.15) is 65.7 Å². The van der Waals surface area contributed by atoms with E-state index in [1.807, 2.05) is 20.8 Å². The molecule has 0 aromatic rings. The van der Waals surface area contributed by atoms with Crippen molar-refractivity contribution in [2.24, 2.45) is 11.8 Å². The lowest BCUT2D eigenvalue weighted by Crippen LogP contribution is -2.41. The van der Waals surface area contributed by atoms with Crippen molar-refractivity contribution in [2.75, 3.05) is 6.54 Å². The van der Waals surface area contributed by atoms with Crippen molar-refractivity contribution in [3.05, 3.63) is 0 Å². The Labute approximate surface area is 133 Å². The van der Waals surface area contributed by atoms with E-state index in [0.717, 1.165) is 24.7 Å². The third-order valence-corrected chi connectivity index (χ3v) is 4.68. The fraction of sp³-hybridized carbons (Fsp3) is 0.882. The van der Waals surface area contributed by atoms with Gasteiger partial charge in [-0.1, -0.05) is 19.3 Å². The fourth-order valence-corrected chi connectivity index (χ4v) is 3.73. The third kappa shape index (κ3) is 5.50. The van der Waals surface area contributed by atoms with Crippen molar-refractivity contribution in [2.45, 2.75) is 77.4 Å². The Morgan fingerprint density at radius 3 is 2.55 bits per heavy atom. The van der Waals surface area contributed by atoms with Gasteiger partial charge in [0.1, 0.15) is 5.60 Å². The second-order valence-corrected chi connectivity index (χ2v) is 7.71. The molecule has 22 heavy (non-hydrogen) atoms. The Morgan fingerprint density at radius 1 is 1.09 bits per heavy atom. The number of carbonyl (C=O) groups is 2. The minimum absolute atomic E-state index is 0.0255. The molecule has 126 valence electrons. The van der Waals surface area contributed by atoms with Gasteiger partial charge in [-0.3, -0.25) is 4.79 Å². The SMILES string of the molecule is CC(C)(C)OC(=O)NCCC(=O)N[C@@H]1CC[C@@H]2CCC[C@@H]2C1. The zero-order valence-electron chi connectivity index (χ0n) is 14.1. The van der Waals surface area contributed by atoms with E-state index >= 15 is 0 Å². The molecule has 0 aliphatic heterocycles. The fourth-order valence-electron chi connectivity index (χ4n) is 3.73. The van der Waals surface area contributed by atoms with Crippen LogP contribution < -0.4 is 10.6 Å². The van der Waals surface area contributed by atoms with E-state index in [1.165, 1.54) is 25.7 Å². The molecule has 2 N–H and O–H groups in total. The largest absolute Gasteiger partial charge is 0.444 e. The average molecular weight is 310 g/mol. The number of fused-ring (bicyclic) bond motifs is 1. The van der Waals surface area contributed by atoms with Gasteiger partial charge in [0, 0.05) is 19.0 Å². The second-order valence-electron chi connectivity index (χ2n) is 7.71. The molecule has 0 spiro atoms. The summed E-state index contributed by atoms with van der Waals surface area (Å²) in [5.74, 6) is 1.75. The number of hydrogen-bond donors (Lipinski definition) is 2. The molecule has 2 amide bonds. The normalized spacial score (nSPS) is 27.9. The van der Waals surface area contributed by atoms with Crippen LogP contribution in [0.2, 0.25) is 0 Å². The van der Waals surface area contributed by atoms with Gasteiger partial charge >= 0.3 is 6.09 Å². The molecule has 2 saturated carbocycles. The van der Waals surface area contributed by atoms with Gasteiger partial charge in [-0.05, 0) is 51.9 Å². The van der Waals surface area contributed by atoms with Gasteiger partial charge in [-0.25, -0.2) is 4.79 Å². The van der Waals surface area contributed by atoms with Gasteiger partial charge in [0.25, 0.3) is 0 Å². The minimum Gasteiger partial charge on any atom is -0.444 e. The van der Waals surface area contributed by atoms with Crippen LogP contribution in [0.15, 0.2) is 0 Å². The Bertz CT molecular complexity index is 403. The first-order chi connectivity index (χ1) is 10.3. The predicted molar refractivity (Wildman–Crippen MR) is 85.5 cm³/mol. The van der Waals surface area contributed by atoms with Crippen molar-refractivity contribution >= 4 is 12.0 Å². The van der Waals surface area contributed by atoms with E-state index < -0.39 is 11.7 Å². The van der Waals surface area contributed by atoms with Gasteiger partial charge in [0.2, 0.25) is 5.91 Å². The molecule has 2 aliphatic rings. The first-order valence-electron chi connectivity index (χ1n) is 8.60. The highest BCUT2D eigenvalue weighted by atomic mass is 16.6. The molecule has 0 unspecified atom stereocenters. The zero-order chi connectivity index (χ0) is 16.2. The number of hydrogen-bond acceptors (Lipinski definition) is 3. The van der Waals surface area contributed by atoms with Crippen LogP contribution in [-0.4, -0.2) is 30.2 Å². The maximum absolute atomic E-state index is 12.0. The summed E-state index contributed by atoms with van der Waals surface area (Å²) in [6.07, 6.45) is 7.41. The Hall–Kier alpha value is -1.26. The number of ether oxygens (including phenoxy) is 1. The highest BCUT2D eigenvalue weighted by molar-refractivity contribution is 5.77. The van der Waals surface area contributed by atoms with E-state index in [9.17, 15) is 9.59 Å². The van der Waals surface area contributed by atoms with E-state index in [2.05, 4.69) is 10.6 Å². The Morgan fingerprint density at radius 2 is 1.82 bits per heavy atom. The summed E-state index contributed by atoms with van der Waals surface area (Å²) >= 11 is 0. The molecule has 2 fully saturated rings. The highest BCUT2D eigenvalue weighted by Gasteiger charge is 2.34. The number of alkyl carbamates (subject to hydrolysis) is 1. The smallest absolute Gasteiger partial charge is 0.407 e. The molecule has 2 aliphatic carbocycles. The minimum atomic E-state index is -0.508. The average Bonchev–Trinajstić information content (AvgIpc) is 2.83. The molecular weight excluding hydrogens is 280 g/mol. The van der Waals surface area contributed by atoms with E-state index in [4.69, 9.17) is 4.74 Å². The number of carbonyl (C=O) groups excluding carboxylic acids is 2. The molecule has 0 heterocycles. The zero-order valence-corrected chi connectivity index (χ0v) is 14.1. The van der Waals surface area contributed by atoms with Crippen molar-refractivity contribution in [3.8, 4) is 0 Å². The lowest BCUT2D eigenvalue weighted by molar-refractivity contribution is -0.122. The van der Waals surface area contributed by atoms with Gasteiger partial charge < -0.3 is 15.4 Å². The molecule has 2 rings (SSSR count). The summed E-state index contributed by atoms with van der Waals surface area (Å²) in [6, 6.07) is 0.327. The number of rotatable bonds is 4. The first-order valence-corrected chi connectivity index (χ1v) is 8.60. The predicted octanol–water partition coefficient (Wildman–Crippen LogP) is 2.99. The van der Waals surface area contributed by atoms with E-state index in [1.54, 1.807) is 0 Å². The van der Waals surface area contributed by atoms with Crippen LogP contribution in [0.25, 0.3) is 0 Å². The van der Waals surface area contributed by atoms with Crippen molar-refractivity contribution in [3.63, 3.8) is 0 Å². The number of nitrogens with one attached hydrogen (secondary N) is 2. The molecule has 5 nitrogen and oxygen atoms in total. The second kappa shape index (κ2) is 7.34. The molecule has 5 heteroatoms. The molecule has 0 bridgehead atoms. The van der Waals surface area contributed by atoms with Gasteiger partial charge in [-0.15, -0.1) is 0 Å². The van der Waals surface area contributed by atoms with Crippen LogP contribution in [0, 0.1) is 11.8 Å². The molecule has 3 atom stereocenters. The van der Waals surface area contributed by atoms with Crippen molar-refractivity contribution < 1.29 is 14.3 Å². The summed E-state index contributed by atoms with van der Waals surface area (Å²) in [4.78, 5) is 23.5. The maximum atomic E-state index is 12.0. The summed E-state index contributed by atoms with van der Waals surface area (Å²) in [5.41, 5.74) is -0.508. The highest BCUT2D eigenvalue weighted by Crippen LogP contribution is 2.41. The third-order valence-electron chi connectivity index (χ3n) is 4.68. The van der Waals surface area contributed by atoms with Gasteiger partial charge in [-0.2, -0.15) is 0 Å². The van der Waals surface area contributed by atoms with Crippen LogP contribution in [0.4, 0.5) is 4.79 Å². The topological polar surface area (TPSA) is 67.4 Å². The lowest BCUT2D eigenvalue weighted by atomic mass is 9.79. The lowest BCUT2D eigenvalue weighted by Gasteiger charge is -2.32. The summed E-state index contributed by atoms with van der Waals surface area (Å²) in [6.45, 7) is 5.77. The summed E-state index contributed by atoms with van der Waals surface area (Å²) in [5, 5.41) is 5.74. The standard InChI is InChI=1S/C17H30N2O3/c1-17(2,3)22-16(21)18-10-9-15(20)19-14-8-7-12-5-4-6-13(12)11-14/h12-14H,4-11H2,1-3H3,(H,18,21)(H,19,20)/t12-,13+,14+/m0/s1. The summed E-state index contributed by atoms with van der Waals surface area (Å²) in [7, 11) is 0. The molecule has 0 radical (unpaired) electrons. The van der Waals surface area contributed by atoms with E-state index in [0.29, 0.717) is 19.0 Å². The van der Waals surface area contributed by atoms with Crippen molar-refractivity contribution in [1.29, 1.82) is 0 Å². The van der Waals surface area contributed by atoms with Crippen molar-refractivity contribution in [1.82, 2.24) is 10.6 Å². The van der Waals surface area contributed by atoms with Crippen LogP contribution >= 0.6 is 0 Å². The van der Waals surface area contributed by atoms with Gasteiger partial charge in [0.05, 0.1) is 0 Å². The van der Waals surface area contributed by atoms with Crippen LogP contribution in [0.5, 0.6) is 0 Å². The van der Waals surface area contributed by atoms with Crippen LogP contribution in [-0.2, 0) is 9.53 Å².